The van der Waals surface area contributed by atoms with E-state index in [0.29, 0.717) is 32.2 Å². The topological polar surface area (TPSA) is 49.9 Å². The van der Waals surface area contributed by atoms with E-state index >= 15 is 0 Å². The third kappa shape index (κ3) is 2.82. The van der Waals surface area contributed by atoms with Crippen LogP contribution in [0.2, 0.25) is 0 Å². The first-order chi connectivity index (χ1) is 17.7. The first-order valence-electron chi connectivity index (χ1n) is 13.1. The second-order valence-corrected chi connectivity index (χ2v) is 11.5. The Kier molecular flexibility index (Phi) is 4.69. The van der Waals surface area contributed by atoms with E-state index in [2.05, 4.69) is 6.07 Å². The number of halogens is 3. The highest BCUT2D eigenvalue weighted by Gasteiger charge is 2.78. The van der Waals surface area contributed by atoms with Crippen LogP contribution in [0.1, 0.15) is 42.4 Å². The molecular formula is C29H29F3N2O3. The molecule has 0 spiro atoms. The monoisotopic (exact) mass is 510 g/mol. The van der Waals surface area contributed by atoms with Gasteiger partial charge in [-0.05, 0) is 60.9 Å². The lowest BCUT2D eigenvalue weighted by Crippen LogP contribution is -2.71. The minimum absolute atomic E-state index is 0.0225. The maximum atomic E-state index is 14.0. The molecule has 7 rings (SSSR count). The summed E-state index contributed by atoms with van der Waals surface area (Å²) in [5.74, 6) is -1.12. The number of benzene rings is 2. The molecule has 6 atom stereocenters. The van der Waals surface area contributed by atoms with Crippen molar-refractivity contribution < 1.29 is 27.5 Å². The zero-order valence-electron chi connectivity index (χ0n) is 20.6. The second-order valence-electron chi connectivity index (χ2n) is 11.5. The number of fused-ring (bicyclic) bond motifs is 1. The molecule has 2 saturated heterocycles. The van der Waals surface area contributed by atoms with Crippen LogP contribution in [0, 0.1) is 17.3 Å². The zero-order chi connectivity index (χ0) is 25.7. The Balaban J connectivity index is 1.38. The van der Waals surface area contributed by atoms with Crippen molar-refractivity contribution >= 4 is 11.8 Å². The molecule has 4 fully saturated rings. The molecule has 37 heavy (non-hydrogen) atoms. The van der Waals surface area contributed by atoms with Gasteiger partial charge in [0.1, 0.15) is 5.75 Å². The number of rotatable bonds is 3. The molecule has 2 aromatic rings. The number of carbonyl (C=O) groups is 2. The molecule has 2 aliphatic heterocycles. The first kappa shape index (κ1) is 23.1. The number of carbonyl (C=O) groups excluding carboxylic acids is 2. The summed E-state index contributed by atoms with van der Waals surface area (Å²) < 4.78 is 46.7. The molecule has 2 aromatic carbocycles. The molecule has 0 N–H and O–H groups in total. The summed E-state index contributed by atoms with van der Waals surface area (Å²) in [6, 6.07) is 15.3. The standard InChI is InChI=1S/C29H29F3N2O3/c1-37-19-8-7-18-13-23-27-10-9-22-24(20(15-27)25(35)34(22)16-17-5-3-2-4-6-17)28(27,21(18)14-19)11-12-33(23)26(36)29(30,31)32/h2-8,14,20,22-24H,9-13,15-16H2,1H3/t20-,22?,23+,24?,27+,28-/m0/s1. The quantitative estimate of drug-likeness (QED) is 0.612. The van der Waals surface area contributed by atoms with Crippen molar-refractivity contribution in [1.82, 2.24) is 9.80 Å². The van der Waals surface area contributed by atoms with E-state index in [1.54, 1.807) is 7.11 Å². The molecule has 8 heteroatoms. The van der Waals surface area contributed by atoms with Gasteiger partial charge in [0.2, 0.25) is 5.91 Å². The molecule has 5 nitrogen and oxygen atoms in total. The van der Waals surface area contributed by atoms with Crippen LogP contribution in [0.25, 0.3) is 0 Å². The van der Waals surface area contributed by atoms with E-state index in [4.69, 9.17) is 4.74 Å². The highest BCUT2D eigenvalue weighted by molar-refractivity contribution is 5.85. The van der Waals surface area contributed by atoms with Gasteiger partial charge < -0.3 is 14.5 Å². The van der Waals surface area contributed by atoms with Gasteiger partial charge >= 0.3 is 12.1 Å². The molecule has 194 valence electrons. The summed E-state index contributed by atoms with van der Waals surface area (Å²) in [6.45, 7) is 0.609. The van der Waals surface area contributed by atoms with Crippen LogP contribution in [0.3, 0.4) is 0 Å². The van der Waals surface area contributed by atoms with Gasteiger partial charge in [-0.2, -0.15) is 13.2 Å². The summed E-state index contributed by atoms with van der Waals surface area (Å²) in [5.41, 5.74) is 2.22. The van der Waals surface area contributed by atoms with E-state index in [-0.39, 0.29) is 30.3 Å². The lowest BCUT2D eigenvalue weighted by Gasteiger charge is -2.66. The minimum Gasteiger partial charge on any atom is -0.497 e. The lowest BCUT2D eigenvalue weighted by atomic mass is 9.43. The predicted molar refractivity (Wildman–Crippen MR) is 129 cm³/mol. The Morgan fingerprint density at radius 3 is 2.65 bits per heavy atom. The van der Waals surface area contributed by atoms with E-state index in [0.717, 1.165) is 33.8 Å². The number of piperidine rings is 1. The van der Waals surface area contributed by atoms with Gasteiger partial charge in [-0.25, -0.2) is 0 Å². The highest BCUT2D eigenvalue weighted by Crippen LogP contribution is 2.75. The molecule has 0 radical (unpaired) electrons. The summed E-state index contributed by atoms with van der Waals surface area (Å²) in [5, 5.41) is 0. The van der Waals surface area contributed by atoms with Gasteiger partial charge in [-0.3, -0.25) is 9.59 Å². The van der Waals surface area contributed by atoms with Gasteiger partial charge in [-0.15, -0.1) is 0 Å². The molecule has 2 saturated carbocycles. The van der Waals surface area contributed by atoms with Crippen molar-refractivity contribution in [3.05, 3.63) is 65.2 Å². The molecule has 3 aliphatic carbocycles. The summed E-state index contributed by atoms with van der Waals surface area (Å²) in [6.07, 6.45) is -2.08. The molecule has 2 unspecified atom stereocenters. The van der Waals surface area contributed by atoms with Crippen LogP contribution in [-0.2, 0) is 28.0 Å². The number of methoxy groups -OCH3 is 1. The third-order valence-electron chi connectivity index (χ3n) is 10.4. The molecule has 5 aliphatic rings. The fourth-order valence-electron chi connectivity index (χ4n) is 9.37. The predicted octanol–water partition coefficient (Wildman–Crippen LogP) is 4.48. The van der Waals surface area contributed by atoms with Gasteiger partial charge in [0.05, 0.1) is 7.11 Å². The Morgan fingerprint density at radius 1 is 1.14 bits per heavy atom. The molecule has 0 aromatic heterocycles. The van der Waals surface area contributed by atoms with Crippen molar-refractivity contribution in [2.75, 3.05) is 13.7 Å². The Bertz CT molecular complexity index is 1300. The second kappa shape index (κ2) is 7.51. The van der Waals surface area contributed by atoms with Crippen LogP contribution >= 0.6 is 0 Å². The summed E-state index contributed by atoms with van der Waals surface area (Å²) in [4.78, 5) is 29.8. The maximum Gasteiger partial charge on any atom is 0.471 e. The number of ether oxygens (including phenoxy) is 1. The SMILES string of the molecule is COc1ccc2c(c1)[C@]13CCN(C(=O)C(F)(F)F)[C@H](C2)[C@]12CCC1C3[C@H](C2)C(=O)N1Cc1ccccc1. The van der Waals surface area contributed by atoms with Gasteiger partial charge in [0.15, 0.2) is 0 Å². The molecule has 2 amide bonds. The minimum atomic E-state index is -4.91. The van der Waals surface area contributed by atoms with Crippen molar-refractivity contribution in [1.29, 1.82) is 0 Å². The van der Waals surface area contributed by atoms with Crippen molar-refractivity contribution in [2.24, 2.45) is 17.3 Å². The Morgan fingerprint density at radius 2 is 1.92 bits per heavy atom. The fraction of sp³-hybridized carbons (Fsp3) is 0.517. The van der Waals surface area contributed by atoms with Crippen LogP contribution < -0.4 is 4.74 Å². The van der Waals surface area contributed by atoms with Gasteiger partial charge in [0, 0.05) is 47.8 Å². The molecule has 4 bridgehead atoms. The average Bonchev–Trinajstić information content (AvgIpc) is 3.26. The Hall–Kier alpha value is -3.03. The number of amides is 2. The van der Waals surface area contributed by atoms with Crippen LogP contribution in [0.15, 0.2) is 48.5 Å². The normalized spacial score (nSPS) is 35.3. The number of likely N-dealkylation sites (tertiary alicyclic amines) is 2. The fourth-order valence-corrected chi connectivity index (χ4v) is 9.37. The first-order valence-corrected chi connectivity index (χ1v) is 13.1. The van der Waals surface area contributed by atoms with Crippen molar-refractivity contribution in [3.63, 3.8) is 0 Å². The number of alkyl halides is 3. The Labute approximate surface area is 213 Å². The highest BCUT2D eigenvalue weighted by atomic mass is 19.4. The third-order valence-corrected chi connectivity index (χ3v) is 10.4. The van der Waals surface area contributed by atoms with Crippen LogP contribution in [0.4, 0.5) is 13.2 Å². The summed E-state index contributed by atoms with van der Waals surface area (Å²) >= 11 is 0. The smallest absolute Gasteiger partial charge is 0.471 e. The maximum absolute atomic E-state index is 14.0. The van der Waals surface area contributed by atoms with Gasteiger partial charge in [-0.1, -0.05) is 36.4 Å². The van der Waals surface area contributed by atoms with Gasteiger partial charge in [0.25, 0.3) is 0 Å². The van der Waals surface area contributed by atoms with E-state index in [1.807, 2.05) is 47.4 Å². The average molecular weight is 511 g/mol. The zero-order valence-corrected chi connectivity index (χ0v) is 20.6. The summed E-state index contributed by atoms with van der Waals surface area (Å²) in [7, 11) is 1.62. The molecular weight excluding hydrogens is 481 g/mol. The largest absolute Gasteiger partial charge is 0.497 e. The van der Waals surface area contributed by atoms with E-state index in [9.17, 15) is 22.8 Å². The number of hydrogen-bond donors (Lipinski definition) is 0. The van der Waals surface area contributed by atoms with E-state index < -0.39 is 29.0 Å². The lowest BCUT2D eigenvalue weighted by molar-refractivity contribution is -0.200. The van der Waals surface area contributed by atoms with E-state index in [1.165, 1.54) is 0 Å². The van der Waals surface area contributed by atoms with Crippen molar-refractivity contribution in [2.45, 2.75) is 62.3 Å². The van der Waals surface area contributed by atoms with Crippen molar-refractivity contribution in [3.8, 4) is 5.75 Å². The number of nitrogens with zero attached hydrogens (tertiary/aromatic N) is 2. The van der Waals surface area contributed by atoms with Crippen LogP contribution in [-0.4, -0.2) is 53.5 Å². The van der Waals surface area contributed by atoms with Crippen LogP contribution in [0.5, 0.6) is 5.75 Å². The molecule has 2 heterocycles. The number of hydrogen-bond acceptors (Lipinski definition) is 3.